The Morgan fingerprint density at radius 3 is 3.06 bits per heavy atom. The Morgan fingerprint density at radius 2 is 2.39 bits per heavy atom. The molecule has 0 spiro atoms. The van der Waals surface area contributed by atoms with Crippen LogP contribution in [0.25, 0.3) is 0 Å². The van der Waals surface area contributed by atoms with Crippen LogP contribution in [-0.4, -0.2) is 31.1 Å². The summed E-state index contributed by atoms with van der Waals surface area (Å²) in [7, 11) is 2.05. The summed E-state index contributed by atoms with van der Waals surface area (Å²) in [4.78, 5) is 2.21. The van der Waals surface area contributed by atoms with Gasteiger partial charge in [-0.1, -0.05) is 6.07 Å². The Balaban J connectivity index is 1.94. The summed E-state index contributed by atoms with van der Waals surface area (Å²) in [6.45, 7) is 2.83. The van der Waals surface area contributed by atoms with Crippen molar-refractivity contribution in [2.24, 2.45) is 0 Å². The number of nitrogens with one attached hydrogen (secondary N) is 1. The summed E-state index contributed by atoms with van der Waals surface area (Å²) in [5.41, 5.74) is 1.10. The van der Waals surface area contributed by atoms with Gasteiger partial charge in [-0.15, -0.1) is 0 Å². The fraction of sp³-hybridized carbons (Fsp3) is 0.500. The largest absolute Gasteiger partial charge is 0.313 e. The average molecular weight is 247 g/mol. The van der Waals surface area contributed by atoms with E-state index in [2.05, 4.69) is 17.3 Å². The fourth-order valence-corrected chi connectivity index (χ4v) is 2.42. The molecule has 1 heterocycles. The zero-order valence-electron chi connectivity index (χ0n) is 10.6. The molecule has 1 N–H and O–H groups in total. The normalized spacial score (nSPS) is 19.1. The van der Waals surface area contributed by atoms with E-state index in [0.29, 0.717) is 6.04 Å². The van der Waals surface area contributed by atoms with Gasteiger partial charge in [0.15, 0.2) is 0 Å². The van der Waals surface area contributed by atoms with E-state index in [0.717, 1.165) is 25.2 Å². The molecule has 0 aromatic heterocycles. The number of nitrogens with zero attached hydrogens (tertiary/aromatic N) is 2. The Hall–Kier alpha value is -1.44. The molecule has 2 rings (SSSR count). The van der Waals surface area contributed by atoms with Gasteiger partial charge in [0.1, 0.15) is 11.9 Å². The molecule has 0 amide bonds. The molecule has 1 fully saturated rings. The zero-order chi connectivity index (χ0) is 13.0. The highest BCUT2D eigenvalue weighted by Gasteiger charge is 2.16. The van der Waals surface area contributed by atoms with Gasteiger partial charge in [0.05, 0.1) is 5.56 Å². The molecule has 96 valence electrons. The fourth-order valence-electron chi connectivity index (χ4n) is 2.42. The lowest BCUT2D eigenvalue weighted by Gasteiger charge is -2.21. The molecule has 0 bridgehead atoms. The Morgan fingerprint density at radius 1 is 1.56 bits per heavy atom. The molecule has 3 nitrogen and oxygen atoms in total. The second-order valence-corrected chi connectivity index (χ2v) is 4.92. The summed E-state index contributed by atoms with van der Waals surface area (Å²) >= 11 is 0. The van der Waals surface area contributed by atoms with Gasteiger partial charge in [0.25, 0.3) is 0 Å². The molecule has 0 saturated carbocycles. The van der Waals surface area contributed by atoms with E-state index >= 15 is 0 Å². The molecule has 1 aromatic carbocycles. The molecule has 1 atom stereocenters. The van der Waals surface area contributed by atoms with Crippen LogP contribution in [0, 0.1) is 17.1 Å². The zero-order valence-corrected chi connectivity index (χ0v) is 10.6. The molecule has 1 unspecified atom stereocenters. The van der Waals surface area contributed by atoms with Gasteiger partial charge in [-0.2, -0.15) is 5.26 Å². The molecular formula is C14H18FN3. The average Bonchev–Trinajstić information content (AvgIpc) is 2.84. The van der Waals surface area contributed by atoms with Crippen molar-refractivity contribution in [2.75, 3.05) is 20.1 Å². The summed E-state index contributed by atoms with van der Waals surface area (Å²) in [5, 5.41) is 12.2. The molecule has 0 radical (unpaired) electrons. The van der Waals surface area contributed by atoms with Crippen LogP contribution in [-0.2, 0) is 6.54 Å². The van der Waals surface area contributed by atoms with Crippen molar-refractivity contribution in [3.8, 4) is 6.07 Å². The molecule has 1 aromatic rings. The minimum Gasteiger partial charge on any atom is -0.313 e. The second kappa shape index (κ2) is 5.94. The lowest BCUT2D eigenvalue weighted by molar-refractivity contribution is 0.293. The van der Waals surface area contributed by atoms with Gasteiger partial charge in [-0.3, -0.25) is 0 Å². The van der Waals surface area contributed by atoms with Crippen LogP contribution in [0.5, 0.6) is 0 Å². The third-order valence-electron chi connectivity index (χ3n) is 3.30. The lowest BCUT2D eigenvalue weighted by atomic mass is 10.1. The first kappa shape index (κ1) is 13.0. The summed E-state index contributed by atoms with van der Waals surface area (Å²) in [6.07, 6.45) is 2.46. The number of rotatable bonds is 4. The Bertz CT molecular complexity index is 447. The van der Waals surface area contributed by atoms with Crippen LogP contribution >= 0.6 is 0 Å². The van der Waals surface area contributed by atoms with E-state index in [4.69, 9.17) is 5.26 Å². The number of likely N-dealkylation sites (N-methyl/N-ethyl adjacent to an activating group) is 1. The highest BCUT2D eigenvalue weighted by atomic mass is 19.1. The van der Waals surface area contributed by atoms with Crippen molar-refractivity contribution in [1.29, 1.82) is 5.26 Å². The topological polar surface area (TPSA) is 39.1 Å². The number of benzene rings is 1. The lowest BCUT2D eigenvalue weighted by Crippen LogP contribution is -2.34. The predicted octanol–water partition coefficient (Wildman–Crippen LogP) is 1.88. The van der Waals surface area contributed by atoms with Crippen LogP contribution in [0.2, 0.25) is 0 Å². The van der Waals surface area contributed by atoms with Crippen molar-refractivity contribution >= 4 is 0 Å². The third-order valence-corrected chi connectivity index (χ3v) is 3.30. The molecule has 1 saturated heterocycles. The first-order chi connectivity index (χ1) is 8.69. The van der Waals surface area contributed by atoms with E-state index in [9.17, 15) is 4.39 Å². The van der Waals surface area contributed by atoms with Gasteiger partial charge in [-0.05, 0) is 44.1 Å². The quantitative estimate of drug-likeness (QED) is 0.883. The van der Waals surface area contributed by atoms with E-state index in [-0.39, 0.29) is 5.56 Å². The van der Waals surface area contributed by atoms with Crippen molar-refractivity contribution in [1.82, 2.24) is 10.2 Å². The van der Waals surface area contributed by atoms with Gasteiger partial charge < -0.3 is 10.2 Å². The van der Waals surface area contributed by atoms with E-state index in [1.807, 2.05) is 6.07 Å². The molecule has 1 aliphatic heterocycles. The Kier molecular flexibility index (Phi) is 4.29. The van der Waals surface area contributed by atoms with Crippen LogP contribution < -0.4 is 5.32 Å². The molecular weight excluding hydrogens is 229 g/mol. The summed E-state index contributed by atoms with van der Waals surface area (Å²) in [6, 6.07) is 7.19. The third kappa shape index (κ3) is 3.28. The van der Waals surface area contributed by atoms with Gasteiger partial charge in [-0.25, -0.2) is 4.39 Å². The van der Waals surface area contributed by atoms with Crippen LogP contribution in [0.1, 0.15) is 24.0 Å². The molecule has 0 aliphatic carbocycles. The standard InChI is InChI=1S/C14H18FN3/c1-18(10-13-3-2-6-17-13)9-11-4-5-14(15)12(7-11)8-16/h4-5,7,13,17H,2-3,6,9-10H2,1H3. The first-order valence-electron chi connectivity index (χ1n) is 6.29. The van der Waals surface area contributed by atoms with Crippen molar-refractivity contribution in [3.05, 3.63) is 35.1 Å². The number of hydrogen-bond acceptors (Lipinski definition) is 3. The first-order valence-corrected chi connectivity index (χ1v) is 6.29. The van der Waals surface area contributed by atoms with Crippen LogP contribution in [0.3, 0.4) is 0 Å². The maximum Gasteiger partial charge on any atom is 0.140 e. The van der Waals surface area contributed by atoms with Gasteiger partial charge >= 0.3 is 0 Å². The predicted molar refractivity (Wildman–Crippen MR) is 68.5 cm³/mol. The van der Waals surface area contributed by atoms with Gasteiger partial charge in [0, 0.05) is 19.1 Å². The van der Waals surface area contributed by atoms with Crippen molar-refractivity contribution in [2.45, 2.75) is 25.4 Å². The van der Waals surface area contributed by atoms with Crippen LogP contribution in [0.15, 0.2) is 18.2 Å². The molecule has 4 heteroatoms. The maximum absolute atomic E-state index is 13.2. The second-order valence-electron chi connectivity index (χ2n) is 4.92. The minimum atomic E-state index is -0.443. The van der Waals surface area contributed by atoms with E-state index in [1.165, 1.54) is 18.9 Å². The highest BCUT2D eigenvalue weighted by Crippen LogP contribution is 2.12. The van der Waals surface area contributed by atoms with Gasteiger partial charge in [0.2, 0.25) is 0 Å². The smallest absolute Gasteiger partial charge is 0.140 e. The Labute approximate surface area is 107 Å². The van der Waals surface area contributed by atoms with Crippen molar-refractivity contribution in [3.63, 3.8) is 0 Å². The number of nitriles is 1. The minimum absolute atomic E-state index is 0.125. The SMILES string of the molecule is CN(Cc1ccc(F)c(C#N)c1)CC1CCCN1. The summed E-state index contributed by atoms with van der Waals surface area (Å²) in [5.74, 6) is -0.443. The molecule has 18 heavy (non-hydrogen) atoms. The molecule has 1 aliphatic rings. The highest BCUT2D eigenvalue weighted by molar-refractivity contribution is 5.34. The number of hydrogen-bond donors (Lipinski definition) is 1. The summed E-state index contributed by atoms with van der Waals surface area (Å²) < 4.78 is 13.2. The van der Waals surface area contributed by atoms with Crippen molar-refractivity contribution < 1.29 is 4.39 Å². The van der Waals surface area contributed by atoms with Crippen LogP contribution in [0.4, 0.5) is 4.39 Å². The monoisotopic (exact) mass is 247 g/mol. The maximum atomic E-state index is 13.2. The number of halogens is 1. The van der Waals surface area contributed by atoms with E-state index in [1.54, 1.807) is 12.1 Å². The van der Waals surface area contributed by atoms with E-state index < -0.39 is 5.82 Å².